The highest BCUT2D eigenvalue weighted by Gasteiger charge is 2.26. The predicted octanol–water partition coefficient (Wildman–Crippen LogP) is 3.44. The average Bonchev–Trinajstić information content (AvgIpc) is 3.01. The largest absolute Gasteiger partial charge is 0.450 e. The Balaban J connectivity index is 1.88. The molecule has 5 nitrogen and oxygen atoms in total. The van der Waals surface area contributed by atoms with E-state index in [-0.39, 0.29) is 11.7 Å². The van der Waals surface area contributed by atoms with E-state index in [1.54, 1.807) is 47.8 Å². The molecular weight excluding hydrogens is 310 g/mol. The van der Waals surface area contributed by atoms with Gasteiger partial charge in [0.15, 0.2) is 0 Å². The SMILES string of the molecule is O=C1OC(c2cccc([N+](=O)[O-])c2)C=CC1=C1SCCS1. The van der Waals surface area contributed by atoms with Gasteiger partial charge < -0.3 is 4.74 Å². The van der Waals surface area contributed by atoms with Crippen LogP contribution in [0.4, 0.5) is 5.69 Å². The lowest BCUT2D eigenvalue weighted by Crippen LogP contribution is -2.16. The van der Waals surface area contributed by atoms with Gasteiger partial charge in [-0.25, -0.2) is 4.79 Å². The highest BCUT2D eigenvalue weighted by atomic mass is 32.2. The van der Waals surface area contributed by atoms with Crippen molar-refractivity contribution in [3.8, 4) is 0 Å². The summed E-state index contributed by atoms with van der Waals surface area (Å²) in [5.74, 6) is 1.63. The van der Waals surface area contributed by atoms with Gasteiger partial charge in [0, 0.05) is 29.2 Å². The summed E-state index contributed by atoms with van der Waals surface area (Å²) in [6, 6.07) is 6.15. The van der Waals surface area contributed by atoms with Crippen molar-refractivity contribution in [2.75, 3.05) is 11.5 Å². The van der Waals surface area contributed by atoms with Crippen molar-refractivity contribution in [1.82, 2.24) is 0 Å². The number of hydrogen-bond donors (Lipinski definition) is 0. The van der Waals surface area contributed by atoms with Gasteiger partial charge in [0.1, 0.15) is 6.10 Å². The van der Waals surface area contributed by atoms with Crippen LogP contribution in [0.25, 0.3) is 0 Å². The zero-order valence-electron chi connectivity index (χ0n) is 10.9. The molecule has 1 atom stereocenters. The summed E-state index contributed by atoms with van der Waals surface area (Å²) in [4.78, 5) is 22.4. The highest BCUT2D eigenvalue weighted by molar-refractivity contribution is 8.25. The molecule has 1 unspecified atom stereocenters. The third kappa shape index (κ3) is 2.98. The number of thioether (sulfide) groups is 2. The molecule has 0 aliphatic carbocycles. The normalized spacial score (nSPS) is 21.5. The first-order chi connectivity index (χ1) is 10.1. The summed E-state index contributed by atoms with van der Waals surface area (Å²) in [7, 11) is 0. The Morgan fingerprint density at radius 1 is 1.29 bits per heavy atom. The van der Waals surface area contributed by atoms with Crippen molar-refractivity contribution in [3.05, 3.63) is 61.9 Å². The molecule has 0 saturated carbocycles. The lowest BCUT2D eigenvalue weighted by Gasteiger charge is -2.20. The average molecular weight is 321 g/mol. The number of carbonyl (C=O) groups is 1. The van der Waals surface area contributed by atoms with E-state index in [0.29, 0.717) is 11.1 Å². The third-order valence-electron chi connectivity index (χ3n) is 3.07. The Bertz CT molecular complexity index is 661. The number of esters is 1. The van der Waals surface area contributed by atoms with Crippen LogP contribution in [0.5, 0.6) is 0 Å². The Morgan fingerprint density at radius 2 is 2.05 bits per heavy atom. The van der Waals surface area contributed by atoms with Crippen LogP contribution in [-0.2, 0) is 9.53 Å². The van der Waals surface area contributed by atoms with Crippen molar-refractivity contribution in [3.63, 3.8) is 0 Å². The first kappa shape index (κ1) is 14.2. The van der Waals surface area contributed by atoms with Crippen molar-refractivity contribution in [1.29, 1.82) is 0 Å². The topological polar surface area (TPSA) is 69.4 Å². The zero-order chi connectivity index (χ0) is 14.8. The molecule has 7 heteroatoms. The maximum absolute atomic E-state index is 12.1. The number of carbonyl (C=O) groups excluding carboxylic acids is 1. The standard InChI is InChI=1S/C14H11NO4S2/c16-13-11(14-20-6-7-21-14)4-5-12(19-13)9-2-1-3-10(8-9)15(17)18/h1-5,8,12H,6-7H2. The molecule has 0 aromatic heterocycles. The number of nitrogens with zero attached hydrogens (tertiary/aromatic N) is 1. The van der Waals surface area contributed by atoms with Crippen LogP contribution in [-0.4, -0.2) is 22.4 Å². The Labute approximate surface area is 129 Å². The maximum atomic E-state index is 12.1. The summed E-state index contributed by atoms with van der Waals surface area (Å²) in [6.07, 6.45) is 2.95. The van der Waals surface area contributed by atoms with Crippen LogP contribution in [0.3, 0.4) is 0 Å². The third-order valence-corrected chi connectivity index (χ3v) is 5.82. The molecule has 0 N–H and O–H groups in total. The number of nitro groups is 1. The molecule has 0 amide bonds. The molecule has 2 aliphatic heterocycles. The molecular formula is C14H11NO4S2. The summed E-state index contributed by atoms with van der Waals surface area (Å²) in [6.45, 7) is 0. The van der Waals surface area contributed by atoms with Crippen molar-refractivity contribution < 1.29 is 14.5 Å². The second-order valence-electron chi connectivity index (χ2n) is 4.44. The monoisotopic (exact) mass is 321 g/mol. The predicted molar refractivity (Wildman–Crippen MR) is 83.0 cm³/mol. The molecule has 1 aromatic rings. The van der Waals surface area contributed by atoms with Crippen LogP contribution in [0, 0.1) is 10.1 Å². The van der Waals surface area contributed by atoms with Crippen LogP contribution < -0.4 is 0 Å². The van der Waals surface area contributed by atoms with Crippen molar-refractivity contribution >= 4 is 35.2 Å². The van der Waals surface area contributed by atoms with Crippen LogP contribution in [0.2, 0.25) is 0 Å². The molecule has 1 saturated heterocycles. The van der Waals surface area contributed by atoms with E-state index in [0.717, 1.165) is 15.7 Å². The quantitative estimate of drug-likeness (QED) is 0.360. The number of rotatable bonds is 2. The van der Waals surface area contributed by atoms with E-state index in [2.05, 4.69) is 0 Å². The lowest BCUT2D eigenvalue weighted by molar-refractivity contribution is -0.385. The van der Waals surface area contributed by atoms with E-state index in [4.69, 9.17) is 4.74 Å². The Morgan fingerprint density at radius 3 is 2.71 bits per heavy atom. The fraction of sp³-hybridized carbons (Fsp3) is 0.214. The minimum atomic E-state index is -0.571. The number of cyclic esters (lactones) is 1. The Hall–Kier alpha value is -1.73. The number of benzene rings is 1. The molecule has 1 aromatic carbocycles. The van der Waals surface area contributed by atoms with Gasteiger partial charge in [-0.2, -0.15) is 0 Å². The molecule has 21 heavy (non-hydrogen) atoms. The van der Waals surface area contributed by atoms with Crippen LogP contribution >= 0.6 is 23.5 Å². The van der Waals surface area contributed by atoms with Gasteiger partial charge in [0.2, 0.25) is 0 Å². The first-order valence-electron chi connectivity index (χ1n) is 6.28. The number of hydrogen-bond acceptors (Lipinski definition) is 6. The zero-order valence-corrected chi connectivity index (χ0v) is 12.5. The Kier molecular flexibility index (Phi) is 4.03. The summed E-state index contributed by atoms with van der Waals surface area (Å²) in [5, 5.41) is 10.8. The minimum Gasteiger partial charge on any atom is -0.450 e. The maximum Gasteiger partial charge on any atom is 0.340 e. The minimum absolute atomic E-state index is 0.0111. The van der Waals surface area contributed by atoms with Crippen LogP contribution in [0.1, 0.15) is 11.7 Å². The molecule has 2 aliphatic rings. The van der Waals surface area contributed by atoms with E-state index >= 15 is 0 Å². The summed E-state index contributed by atoms with van der Waals surface area (Å²) >= 11 is 3.31. The smallest absolute Gasteiger partial charge is 0.340 e. The van der Waals surface area contributed by atoms with Gasteiger partial charge in [0.05, 0.1) is 14.7 Å². The molecule has 0 bridgehead atoms. The second-order valence-corrected chi connectivity index (χ2v) is 6.90. The van der Waals surface area contributed by atoms with Gasteiger partial charge in [0.25, 0.3) is 5.69 Å². The van der Waals surface area contributed by atoms with E-state index < -0.39 is 11.0 Å². The molecule has 0 radical (unpaired) electrons. The van der Waals surface area contributed by atoms with E-state index in [1.807, 2.05) is 0 Å². The summed E-state index contributed by atoms with van der Waals surface area (Å²) in [5.41, 5.74) is 1.18. The number of non-ortho nitro benzene ring substituents is 1. The molecule has 2 heterocycles. The van der Waals surface area contributed by atoms with Gasteiger partial charge in [-0.15, -0.1) is 23.5 Å². The second kappa shape index (κ2) is 5.95. The van der Waals surface area contributed by atoms with E-state index in [9.17, 15) is 14.9 Å². The number of ether oxygens (including phenoxy) is 1. The van der Waals surface area contributed by atoms with Gasteiger partial charge >= 0.3 is 5.97 Å². The van der Waals surface area contributed by atoms with Gasteiger partial charge in [-0.1, -0.05) is 12.1 Å². The molecule has 108 valence electrons. The van der Waals surface area contributed by atoms with Crippen molar-refractivity contribution in [2.24, 2.45) is 0 Å². The first-order valence-corrected chi connectivity index (χ1v) is 8.25. The van der Waals surface area contributed by atoms with Crippen LogP contribution in [0.15, 0.2) is 46.2 Å². The van der Waals surface area contributed by atoms with Gasteiger partial charge in [-0.3, -0.25) is 10.1 Å². The van der Waals surface area contributed by atoms with Gasteiger partial charge in [-0.05, 0) is 12.2 Å². The fourth-order valence-electron chi connectivity index (χ4n) is 2.08. The molecule has 3 rings (SSSR count). The molecule has 1 fully saturated rings. The lowest BCUT2D eigenvalue weighted by atomic mass is 10.1. The van der Waals surface area contributed by atoms with Crippen molar-refractivity contribution in [2.45, 2.75) is 6.10 Å². The fourth-order valence-corrected chi connectivity index (χ4v) is 4.57. The summed E-state index contributed by atoms with van der Waals surface area (Å²) < 4.78 is 6.39. The molecule has 0 spiro atoms. The highest BCUT2D eigenvalue weighted by Crippen LogP contribution is 2.41. The number of nitro benzene ring substituents is 1. The van der Waals surface area contributed by atoms with E-state index in [1.165, 1.54) is 12.1 Å².